The van der Waals surface area contributed by atoms with Gasteiger partial charge in [0.2, 0.25) is 0 Å². The predicted octanol–water partition coefficient (Wildman–Crippen LogP) is 1.59. The maximum Gasteiger partial charge on any atom is 0.332 e. The molecule has 0 aliphatic heterocycles. The second-order valence-corrected chi connectivity index (χ2v) is 5.94. The Bertz CT molecular complexity index is 1280. The van der Waals surface area contributed by atoms with Crippen LogP contribution >= 0.6 is 0 Å². The first kappa shape index (κ1) is 17.3. The fourth-order valence-corrected chi connectivity index (χ4v) is 2.94. The van der Waals surface area contributed by atoms with Gasteiger partial charge in [-0.1, -0.05) is 18.2 Å². The van der Waals surface area contributed by atoms with Gasteiger partial charge in [0.25, 0.3) is 5.91 Å². The van der Waals surface area contributed by atoms with Crippen LogP contribution in [-0.2, 0) is 0 Å². The molecule has 1 amide bonds. The number of benzene rings is 2. The third-order valence-corrected chi connectivity index (χ3v) is 4.23. The van der Waals surface area contributed by atoms with Gasteiger partial charge in [-0.15, -0.1) is 0 Å². The number of aromatic amines is 1. The van der Waals surface area contributed by atoms with Crippen molar-refractivity contribution < 1.29 is 14.6 Å². The molecule has 2 aromatic carbocycles. The van der Waals surface area contributed by atoms with E-state index in [1.165, 1.54) is 17.7 Å². The molecule has 28 heavy (non-hydrogen) atoms. The van der Waals surface area contributed by atoms with Crippen LogP contribution in [0.1, 0.15) is 10.5 Å². The summed E-state index contributed by atoms with van der Waals surface area (Å²) < 4.78 is 6.50. The lowest BCUT2D eigenvalue weighted by Gasteiger charge is -2.08. The van der Waals surface area contributed by atoms with E-state index in [4.69, 9.17) is 10.5 Å². The largest absolute Gasteiger partial charge is 0.507 e. The van der Waals surface area contributed by atoms with Gasteiger partial charge >= 0.3 is 5.69 Å². The van der Waals surface area contributed by atoms with Gasteiger partial charge in [-0.2, -0.15) is 0 Å². The Kier molecular flexibility index (Phi) is 4.04. The van der Waals surface area contributed by atoms with Crippen LogP contribution in [0.4, 0.5) is 0 Å². The molecule has 4 rings (SSSR count). The number of carbonyl (C=O) groups is 1. The van der Waals surface area contributed by atoms with Crippen LogP contribution in [0, 0.1) is 0 Å². The van der Waals surface area contributed by atoms with Crippen molar-refractivity contribution in [2.24, 2.45) is 5.73 Å². The van der Waals surface area contributed by atoms with Gasteiger partial charge in [0.1, 0.15) is 17.0 Å². The highest BCUT2D eigenvalue weighted by atomic mass is 16.5. The molecular weight excluding hydrogens is 362 g/mol. The molecule has 0 spiro atoms. The second-order valence-electron chi connectivity index (χ2n) is 5.94. The molecule has 9 heteroatoms. The second kappa shape index (κ2) is 6.54. The number of methoxy groups -OCH3 is 1. The molecular formula is C19H15N5O4. The summed E-state index contributed by atoms with van der Waals surface area (Å²) >= 11 is 0. The third kappa shape index (κ3) is 2.75. The number of H-pyrrole nitrogens is 1. The molecule has 0 saturated carbocycles. The van der Waals surface area contributed by atoms with Gasteiger partial charge < -0.3 is 20.6 Å². The van der Waals surface area contributed by atoms with Crippen LogP contribution in [0.5, 0.6) is 11.5 Å². The standard InChI is InChI=1S/C19H15N5O4/c1-28-11-6-4-5-10(9-11)24-18-15(22-19(24)27)14(16(20)26)21-17(23-18)12-7-2-3-8-13(12)25/h2-9,25H,1H3,(H2,20,26)(H,22,27). The molecule has 0 unspecified atom stereocenters. The maximum absolute atomic E-state index is 12.6. The number of phenols is 1. The third-order valence-electron chi connectivity index (χ3n) is 4.23. The fourth-order valence-electron chi connectivity index (χ4n) is 2.94. The van der Waals surface area contributed by atoms with Gasteiger partial charge in [0.05, 0.1) is 18.4 Å². The van der Waals surface area contributed by atoms with Gasteiger partial charge in [-0.3, -0.25) is 4.79 Å². The first-order chi connectivity index (χ1) is 13.5. The zero-order valence-corrected chi connectivity index (χ0v) is 14.7. The Morgan fingerprint density at radius 1 is 1.18 bits per heavy atom. The van der Waals surface area contributed by atoms with E-state index >= 15 is 0 Å². The lowest BCUT2D eigenvalue weighted by atomic mass is 10.2. The van der Waals surface area contributed by atoms with Gasteiger partial charge in [-0.25, -0.2) is 19.3 Å². The first-order valence-corrected chi connectivity index (χ1v) is 8.25. The van der Waals surface area contributed by atoms with Crippen LogP contribution < -0.4 is 16.2 Å². The Balaban J connectivity index is 2.07. The Morgan fingerprint density at radius 3 is 2.68 bits per heavy atom. The molecule has 2 heterocycles. The Morgan fingerprint density at radius 2 is 1.96 bits per heavy atom. The van der Waals surface area contributed by atoms with E-state index in [-0.39, 0.29) is 28.4 Å². The van der Waals surface area contributed by atoms with E-state index in [1.807, 2.05) is 0 Å². The number of para-hydroxylation sites is 1. The molecule has 9 nitrogen and oxygen atoms in total. The lowest BCUT2D eigenvalue weighted by Crippen LogP contribution is -2.15. The zero-order chi connectivity index (χ0) is 19.8. The molecule has 0 aliphatic carbocycles. The summed E-state index contributed by atoms with van der Waals surface area (Å²) in [7, 11) is 1.51. The van der Waals surface area contributed by atoms with Crippen LogP contribution in [-0.4, -0.2) is 37.6 Å². The number of fused-ring (bicyclic) bond motifs is 1. The number of nitrogens with two attached hydrogens (primary N) is 1. The molecule has 0 atom stereocenters. The molecule has 0 bridgehead atoms. The molecule has 2 aromatic heterocycles. The summed E-state index contributed by atoms with van der Waals surface area (Å²) in [4.78, 5) is 35.7. The minimum atomic E-state index is -0.830. The minimum Gasteiger partial charge on any atom is -0.507 e. The number of carbonyl (C=O) groups excluding carboxylic acids is 1. The quantitative estimate of drug-likeness (QED) is 0.494. The molecule has 4 N–H and O–H groups in total. The van der Waals surface area contributed by atoms with Crippen molar-refractivity contribution in [2.75, 3.05) is 7.11 Å². The number of rotatable bonds is 4. The molecule has 140 valence electrons. The minimum absolute atomic E-state index is 0.0649. The number of nitrogens with one attached hydrogen (secondary N) is 1. The highest BCUT2D eigenvalue weighted by Crippen LogP contribution is 2.28. The van der Waals surface area contributed by atoms with Crippen molar-refractivity contribution in [1.29, 1.82) is 0 Å². The molecule has 4 aromatic rings. The summed E-state index contributed by atoms with van der Waals surface area (Å²) in [6.07, 6.45) is 0. The summed E-state index contributed by atoms with van der Waals surface area (Å²) in [6, 6.07) is 13.2. The summed E-state index contributed by atoms with van der Waals surface area (Å²) in [5.41, 5.74) is 5.84. The molecule has 0 saturated heterocycles. The van der Waals surface area contributed by atoms with E-state index in [2.05, 4.69) is 15.0 Å². The summed E-state index contributed by atoms with van der Waals surface area (Å²) in [6.45, 7) is 0. The highest BCUT2D eigenvalue weighted by molar-refractivity contribution is 6.02. The van der Waals surface area contributed by atoms with Crippen LogP contribution in [0.25, 0.3) is 28.2 Å². The fraction of sp³-hybridized carbons (Fsp3) is 0.0526. The van der Waals surface area contributed by atoms with Crippen molar-refractivity contribution in [3.63, 3.8) is 0 Å². The monoisotopic (exact) mass is 377 g/mol. The van der Waals surface area contributed by atoms with Gasteiger partial charge in [-0.05, 0) is 24.3 Å². The van der Waals surface area contributed by atoms with Crippen molar-refractivity contribution in [3.8, 4) is 28.6 Å². The number of hydrogen-bond donors (Lipinski definition) is 3. The number of nitrogens with zero attached hydrogens (tertiary/aromatic N) is 3. The van der Waals surface area contributed by atoms with Crippen molar-refractivity contribution in [3.05, 3.63) is 64.7 Å². The van der Waals surface area contributed by atoms with E-state index in [0.29, 0.717) is 17.0 Å². The number of ether oxygens (including phenoxy) is 1. The van der Waals surface area contributed by atoms with Gasteiger partial charge in [0, 0.05) is 6.07 Å². The topological polar surface area (TPSA) is 136 Å². The maximum atomic E-state index is 12.6. The smallest absolute Gasteiger partial charge is 0.332 e. The average molecular weight is 377 g/mol. The van der Waals surface area contributed by atoms with Gasteiger partial charge in [0.15, 0.2) is 17.2 Å². The highest BCUT2D eigenvalue weighted by Gasteiger charge is 2.21. The van der Waals surface area contributed by atoms with E-state index in [9.17, 15) is 14.7 Å². The molecule has 0 aliphatic rings. The van der Waals surface area contributed by atoms with Crippen LogP contribution in [0.2, 0.25) is 0 Å². The van der Waals surface area contributed by atoms with Crippen molar-refractivity contribution in [2.45, 2.75) is 0 Å². The number of aromatic nitrogens is 4. The SMILES string of the molecule is COc1cccc(-n2c(=O)[nH]c3c(C(N)=O)nc(-c4ccccc4O)nc32)c1. The number of aromatic hydroxyl groups is 1. The number of amides is 1. The number of imidazole rings is 1. The lowest BCUT2D eigenvalue weighted by molar-refractivity contribution is 0.0997. The van der Waals surface area contributed by atoms with E-state index in [0.717, 1.165) is 0 Å². The van der Waals surface area contributed by atoms with E-state index in [1.54, 1.807) is 42.5 Å². The Labute approximate surface area is 158 Å². The average Bonchev–Trinajstić information content (AvgIpc) is 3.03. The number of phenolic OH excluding ortho intramolecular Hbond substituents is 1. The Hall–Kier alpha value is -4.14. The van der Waals surface area contributed by atoms with E-state index < -0.39 is 11.6 Å². The number of hydrogen-bond acceptors (Lipinski definition) is 6. The molecule has 0 fully saturated rings. The summed E-state index contributed by atoms with van der Waals surface area (Å²) in [5.74, 6) is -0.287. The van der Waals surface area contributed by atoms with Crippen LogP contribution in [0.3, 0.4) is 0 Å². The first-order valence-electron chi connectivity index (χ1n) is 8.25. The normalized spacial score (nSPS) is 10.9. The molecule has 0 radical (unpaired) electrons. The van der Waals surface area contributed by atoms with Crippen LogP contribution in [0.15, 0.2) is 53.3 Å². The predicted molar refractivity (Wildman–Crippen MR) is 102 cm³/mol. The summed E-state index contributed by atoms with van der Waals surface area (Å²) in [5, 5.41) is 10.1. The van der Waals surface area contributed by atoms with Crippen molar-refractivity contribution in [1.82, 2.24) is 19.5 Å². The zero-order valence-electron chi connectivity index (χ0n) is 14.7. The van der Waals surface area contributed by atoms with Crippen molar-refractivity contribution >= 4 is 17.1 Å². The number of primary amides is 1.